The Morgan fingerprint density at radius 1 is 1.43 bits per heavy atom. The molecule has 1 aliphatic rings. The standard InChI is InChI=1S/C17H23N3O/c1-21-15-5-3-9-20(12-15)17(11-18)14-6-7-16-13(10-14)4-2-8-19-16/h2,4,6-8,10,15,17H,3,5,9,11-12,18H2,1H3. The van der Waals surface area contributed by atoms with Crippen molar-refractivity contribution in [3.63, 3.8) is 0 Å². The number of rotatable bonds is 4. The van der Waals surface area contributed by atoms with Crippen molar-refractivity contribution < 1.29 is 4.74 Å². The number of likely N-dealkylation sites (tertiary alicyclic amines) is 1. The van der Waals surface area contributed by atoms with Crippen LogP contribution < -0.4 is 5.73 Å². The zero-order chi connectivity index (χ0) is 14.7. The van der Waals surface area contributed by atoms with Crippen LogP contribution >= 0.6 is 0 Å². The summed E-state index contributed by atoms with van der Waals surface area (Å²) in [6.07, 6.45) is 4.47. The van der Waals surface area contributed by atoms with Crippen molar-refractivity contribution in [1.82, 2.24) is 9.88 Å². The number of hydrogen-bond donors (Lipinski definition) is 1. The maximum atomic E-state index is 6.07. The molecule has 2 unspecified atom stereocenters. The van der Waals surface area contributed by atoms with Crippen LogP contribution in [0, 0.1) is 0 Å². The molecule has 0 saturated carbocycles. The largest absolute Gasteiger partial charge is 0.380 e. The van der Waals surface area contributed by atoms with Gasteiger partial charge in [0.25, 0.3) is 0 Å². The number of pyridine rings is 1. The van der Waals surface area contributed by atoms with E-state index >= 15 is 0 Å². The van der Waals surface area contributed by atoms with Crippen LogP contribution in [0.4, 0.5) is 0 Å². The fraction of sp³-hybridized carbons (Fsp3) is 0.471. The Morgan fingerprint density at radius 3 is 3.14 bits per heavy atom. The first-order valence-corrected chi connectivity index (χ1v) is 7.63. The third kappa shape index (κ3) is 3.07. The Hall–Kier alpha value is -1.49. The van der Waals surface area contributed by atoms with Crippen molar-refractivity contribution in [2.24, 2.45) is 5.73 Å². The fourth-order valence-electron chi connectivity index (χ4n) is 3.24. The Balaban J connectivity index is 1.86. The van der Waals surface area contributed by atoms with Gasteiger partial charge in [-0.15, -0.1) is 0 Å². The zero-order valence-electron chi connectivity index (χ0n) is 12.5. The summed E-state index contributed by atoms with van der Waals surface area (Å²) >= 11 is 0. The SMILES string of the molecule is COC1CCCN(C(CN)c2ccc3ncccc3c2)C1. The molecule has 0 amide bonds. The van der Waals surface area contributed by atoms with E-state index in [1.165, 1.54) is 17.4 Å². The van der Waals surface area contributed by atoms with E-state index in [0.29, 0.717) is 12.6 Å². The van der Waals surface area contributed by atoms with Gasteiger partial charge in [0.1, 0.15) is 0 Å². The molecule has 2 heterocycles. The highest BCUT2D eigenvalue weighted by molar-refractivity contribution is 5.79. The summed E-state index contributed by atoms with van der Waals surface area (Å²) in [6.45, 7) is 2.68. The van der Waals surface area contributed by atoms with Crippen molar-refractivity contribution >= 4 is 10.9 Å². The quantitative estimate of drug-likeness (QED) is 0.937. The molecular weight excluding hydrogens is 262 g/mol. The minimum absolute atomic E-state index is 0.257. The van der Waals surface area contributed by atoms with E-state index in [1.807, 2.05) is 12.3 Å². The van der Waals surface area contributed by atoms with Crippen LogP contribution in [0.1, 0.15) is 24.4 Å². The highest BCUT2D eigenvalue weighted by Crippen LogP contribution is 2.26. The van der Waals surface area contributed by atoms with Gasteiger partial charge in [0, 0.05) is 37.8 Å². The van der Waals surface area contributed by atoms with Crippen molar-refractivity contribution in [2.75, 3.05) is 26.7 Å². The van der Waals surface area contributed by atoms with Crippen molar-refractivity contribution in [3.05, 3.63) is 42.1 Å². The summed E-state index contributed by atoms with van der Waals surface area (Å²) < 4.78 is 5.53. The highest BCUT2D eigenvalue weighted by Gasteiger charge is 2.26. The number of nitrogens with two attached hydrogens (primary N) is 1. The van der Waals surface area contributed by atoms with E-state index in [9.17, 15) is 0 Å². The van der Waals surface area contributed by atoms with E-state index in [0.717, 1.165) is 25.0 Å². The highest BCUT2D eigenvalue weighted by atomic mass is 16.5. The third-order valence-electron chi connectivity index (χ3n) is 4.42. The van der Waals surface area contributed by atoms with E-state index in [-0.39, 0.29) is 6.04 Å². The molecule has 0 spiro atoms. The van der Waals surface area contributed by atoms with Crippen LogP contribution in [0.25, 0.3) is 10.9 Å². The summed E-state index contributed by atoms with van der Waals surface area (Å²) in [6, 6.07) is 10.8. The molecule has 1 aromatic heterocycles. The van der Waals surface area contributed by atoms with Crippen LogP contribution in [0.15, 0.2) is 36.5 Å². The number of hydrogen-bond acceptors (Lipinski definition) is 4. The van der Waals surface area contributed by atoms with Crippen molar-refractivity contribution in [2.45, 2.75) is 25.0 Å². The molecule has 2 aromatic rings. The average molecular weight is 285 g/mol. The number of nitrogens with zero attached hydrogens (tertiary/aromatic N) is 2. The van der Waals surface area contributed by atoms with Gasteiger partial charge in [-0.25, -0.2) is 0 Å². The lowest BCUT2D eigenvalue weighted by Crippen LogP contribution is -2.43. The molecule has 1 saturated heterocycles. The molecule has 2 atom stereocenters. The fourth-order valence-corrected chi connectivity index (χ4v) is 3.24. The second kappa shape index (κ2) is 6.52. The van der Waals surface area contributed by atoms with Gasteiger partial charge >= 0.3 is 0 Å². The van der Waals surface area contributed by atoms with Crippen LogP contribution in [-0.4, -0.2) is 42.7 Å². The van der Waals surface area contributed by atoms with Crippen LogP contribution in [0.2, 0.25) is 0 Å². The van der Waals surface area contributed by atoms with Gasteiger partial charge in [0.05, 0.1) is 11.6 Å². The van der Waals surface area contributed by atoms with Gasteiger partial charge < -0.3 is 10.5 Å². The summed E-state index contributed by atoms with van der Waals surface area (Å²) in [5.41, 5.74) is 8.37. The Labute approximate surface area is 125 Å². The smallest absolute Gasteiger partial charge is 0.0702 e. The second-order valence-corrected chi connectivity index (χ2v) is 5.70. The maximum absolute atomic E-state index is 6.07. The summed E-state index contributed by atoms with van der Waals surface area (Å²) in [4.78, 5) is 6.83. The van der Waals surface area contributed by atoms with Crippen molar-refractivity contribution in [3.8, 4) is 0 Å². The maximum Gasteiger partial charge on any atom is 0.0702 e. The van der Waals surface area contributed by atoms with E-state index in [2.05, 4.69) is 34.1 Å². The minimum atomic E-state index is 0.257. The number of ether oxygens (including phenoxy) is 1. The van der Waals surface area contributed by atoms with Crippen molar-refractivity contribution in [1.29, 1.82) is 0 Å². The number of fused-ring (bicyclic) bond motifs is 1. The molecule has 2 N–H and O–H groups in total. The van der Waals surface area contributed by atoms with E-state index < -0.39 is 0 Å². The lowest BCUT2D eigenvalue weighted by atomic mass is 9.99. The number of methoxy groups -OCH3 is 1. The van der Waals surface area contributed by atoms with E-state index in [4.69, 9.17) is 10.5 Å². The molecule has 0 bridgehead atoms. The topological polar surface area (TPSA) is 51.4 Å². The normalized spacial score (nSPS) is 21.5. The molecule has 1 fully saturated rings. The molecule has 1 aromatic carbocycles. The van der Waals surface area contributed by atoms with Crippen LogP contribution in [-0.2, 0) is 4.74 Å². The number of piperidine rings is 1. The molecule has 0 aliphatic carbocycles. The average Bonchev–Trinajstić information content (AvgIpc) is 2.56. The summed E-state index contributed by atoms with van der Waals surface area (Å²) in [7, 11) is 1.80. The first kappa shape index (κ1) is 14.4. The molecular formula is C17H23N3O. The molecule has 21 heavy (non-hydrogen) atoms. The lowest BCUT2D eigenvalue weighted by molar-refractivity contribution is 0.0155. The molecule has 1 aliphatic heterocycles. The van der Waals surface area contributed by atoms with Crippen LogP contribution in [0.3, 0.4) is 0 Å². The second-order valence-electron chi connectivity index (χ2n) is 5.70. The first-order valence-electron chi connectivity index (χ1n) is 7.63. The zero-order valence-corrected chi connectivity index (χ0v) is 12.5. The van der Waals surface area contributed by atoms with Gasteiger partial charge in [-0.1, -0.05) is 12.1 Å². The van der Waals surface area contributed by atoms with Gasteiger partial charge in [0.2, 0.25) is 0 Å². The summed E-state index contributed by atoms with van der Waals surface area (Å²) in [5, 5.41) is 1.17. The van der Waals surface area contributed by atoms with Gasteiger partial charge in [0.15, 0.2) is 0 Å². The number of benzene rings is 1. The number of aromatic nitrogens is 1. The lowest BCUT2D eigenvalue weighted by Gasteiger charge is -2.37. The molecule has 4 nitrogen and oxygen atoms in total. The Bertz CT molecular complexity index is 601. The minimum Gasteiger partial charge on any atom is -0.380 e. The molecule has 112 valence electrons. The Morgan fingerprint density at radius 2 is 2.33 bits per heavy atom. The summed E-state index contributed by atoms with van der Waals surface area (Å²) in [5.74, 6) is 0. The predicted octanol–water partition coefficient (Wildman–Crippen LogP) is 2.35. The molecule has 4 heteroatoms. The van der Waals surface area contributed by atoms with Crippen LogP contribution in [0.5, 0.6) is 0 Å². The third-order valence-corrected chi connectivity index (χ3v) is 4.42. The van der Waals surface area contributed by atoms with Gasteiger partial charge in [-0.3, -0.25) is 9.88 Å². The van der Waals surface area contributed by atoms with E-state index in [1.54, 1.807) is 7.11 Å². The molecule has 3 rings (SSSR count). The first-order chi connectivity index (χ1) is 10.3. The monoisotopic (exact) mass is 285 g/mol. The Kier molecular flexibility index (Phi) is 4.48. The molecule has 0 radical (unpaired) electrons. The van der Waals surface area contributed by atoms with Gasteiger partial charge in [-0.05, 0) is 43.1 Å². The van der Waals surface area contributed by atoms with Gasteiger partial charge in [-0.2, -0.15) is 0 Å². The predicted molar refractivity (Wildman–Crippen MR) is 85.1 cm³/mol.